The molecule has 0 aromatic heterocycles. The number of aryl methyl sites for hydroxylation is 1. The normalized spacial score (nSPS) is 13.6. The van der Waals surface area contributed by atoms with Gasteiger partial charge in [0.05, 0.1) is 6.04 Å². The molecule has 0 aliphatic heterocycles. The van der Waals surface area contributed by atoms with Gasteiger partial charge in [-0.25, -0.2) is 0 Å². The van der Waals surface area contributed by atoms with Crippen molar-refractivity contribution in [2.24, 2.45) is 5.92 Å². The Balaban J connectivity index is 2.50. The summed E-state index contributed by atoms with van der Waals surface area (Å²) in [5.41, 5.74) is 2.21. The highest BCUT2D eigenvalue weighted by Crippen LogP contribution is 2.15. The highest BCUT2D eigenvalue weighted by atomic mass is 16.4. The van der Waals surface area contributed by atoms with Crippen LogP contribution in [-0.2, 0) is 9.59 Å². The number of carbonyl (C=O) groups excluding carboxylic acids is 1. The van der Waals surface area contributed by atoms with Crippen molar-refractivity contribution in [3.05, 3.63) is 35.4 Å². The number of carboxylic acid groups (broad SMARTS) is 1. The van der Waals surface area contributed by atoms with Crippen molar-refractivity contribution in [1.29, 1.82) is 0 Å². The van der Waals surface area contributed by atoms with Gasteiger partial charge < -0.3 is 10.4 Å². The number of nitrogens with one attached hydrogen (secondary N) is 1. The summed E-state index contributed by atoms with van der Waals surface area (Å²) in [6.45, 7) is 5.70. The molecule has 0 aliphatic rings. The van der Waals surface area contributed by atoms with Crippen molar-refractivity contribution in [1.82, 2.24) is 5.32 Å². The molecule has 0 radical (unpaired) electrons. The number of carbonyl (C=O) groups is 2. The van der Waals surface area contributed by atoms with Gasteiger partial charge in [-0.2, -0.15) is 0 Å². The van der Waals surface area contributed by atoms with Gasteiger partial charge in [0.15, 0.2) is 0 Å². The van der Waals surface area contributed by atoms with E-state index in [-0.39, 0.29) is 30.7 Å². The van der Waals surface area contributed by atoms with Crippen molar-refractivity contribution >= 4 is 11.9 Å². The maximum atomic E-state index is 11.8. The van der Waals surface area contributed by atoms with Gasteiger partial charge in [-0.1, -0.05) is 36.8 Å². The topological polar surface area (TPSA) is 66.4 Å². The molecule has 104 valence electrons. The Morgan fingerprint density at radius 1 is 1.26 bits per heavy atom. The van der Waals surface area contributed by atoms with Crippen LogP contribution in [0.15, 0.2) is 24.3 Å². The zero-order chi connectivity index (χ0) is 14.4. The van der Waals surface area contributed by atoms with Crippen LogP contribution in [0.25, 0.3) is 0 Å². The van der Waals surface area contributed by atoms with Gasteiger partial charge in [-0.05, 0) is 25.3 Å². The van der Waals surface area contributed by atoms with E-state index in [0.717, 1.165) is 11.1 Å². The maximum absolute atomic E-state index is 11.8. The fourth-order valence-electron chi connectivity index (χ4n) is 2.01. The molecule has 1 aromatic rings. The van der Waals surface area contributed by atoms with Crippen molar-refractivity contribution in [2.75, 3.05) is 0 Å². The van der Waals surface area contributed by atoms with Gasteiger partial charge in [0.2, 0.25) is 5.91 Å². The summed E-state index contributed by atoms with van der Waals surface area (Å²) in [5.74, 6) is -1.13. The summed E-state index contributed by atoms with van der Waals surface area (Å²) >= 11 is 0. The zero-order valence-corrected chi connectivity index (χ0v) is 11.6. The number of hydrogen-bond donors (Lipinski definition) is 2. The van der Waals surface area contributed by atoms with Crippen molar-refractivity contribution < 1.29 is 14.7 Å². The molecule has 1 rings (SSSR count). The molecule has 0 heterocycles. The first-order valence-corrected chi connectivity index (χ1v) is 6.46. The Kier molecular flexibility index (Phi) is 5.55. The van der Waals surface area contributed by atoms with E-state index in [9.17, 15) is 9.59 Å². The second-order valence-corrected chi connectivity index (χ2v) is 5.11. The molecule has 2 atom stereocenters. The molecule has 4 nitrogen and oxygen atoms in total. The predicted octanol–water partition coefficient (Wildman–Crippen LogP) is 2.67. The summed E-state index contributed by atoms with van der Waals surface area (Å²) in [6, 6.07) is 7.90. The second-order valence-electron chi connectivity index (χ2n) is 5.11. The highest BCUT2D eigenvalue weighted by molar-refractivity contribution is 5.77. The fourth-order valence-corrected chi connectivity index (χ4v) is 2.01. The van der Waals surface area contributed by atoms with Gasteiger partial charge >= 0.3 is 5.97 Å². The maximum Gasteiger partial charge on any atom is 0.303 e. The lowest BCUT2D eigenvalue weighted by atomic mass is 10.0. The van der Waals surface area contributed by atoms with E-state index < -0.39 is 5.97 Å². The van der Waals surface area contributed by atoms with E-state index in [0.29, 0.717) is 0 Å². The van der Waals surface area contributed by atoms with Crippen molar-refractivity contribution in [2.45, 2.75) is 39.7 Å². The van der Waals surface area contributed by atoms with Gasteiger partial charge in [-0.3, -0.25) is 9.59 Å². The predicted molar refractivity (Wildman–Crippen MR) is 73.8 cm³/mol. The molecular weight excluding hydrogens is 242 g/mol. The first-order valence-electron chi connectivity index (χ1n) is 6.46. The quantitative estimate of drug-likeness (QED) is 0.829. The van der Waals surface area contributed by atoms with Crippen LogP contribution in [0.3, 0.4) is 0 Å². The van der Waals surface area contributed by atoms with E-state index in [4.69, 9.17) is 5.11 Å². The van der Waals surface area contributed by atoms with Gasteiger partial charge in [-0.15, -0.1) is 0 Å². The van der Waals surface area contributed by atoms with Crippen LogP contribution in [0, 0.1) is 12.8 Å². The molecule has 0 fully saturated rings. The van der Waals surface area contributed by atoms with Crippen LogP contribution in [0.5, 0.6) is 0 Å². The Labute approximate surface area is 113 Å². The summed E-state index contributed by atoms with van der Waals surface area (Å²) in [5, 5.41) is 11.6. The largest absolute Gasteiger partial charge is 0.481 e. The lowest BCUT2D eigenvalue weighted by Crippen LogP contribution is -2.28. The molecule has 2 N–H and O–H groups in total. The number of hydrogen-bond acceptors (Lipinski definition) is 2. The number of benzene rings is 1. The average Bonchev–Trinajstić information content (AvgIpc) is 2.27. The second kappa shape index (κ2) is 6.92. The average molecular weight is 263 g/mol. The first kappa shape index (κ1) is 15.2. The molecule has 0 aliphatic carbocycles. The number of aliphatic carboxylic acids is 1. The first-order chi connectivity index (χ1) is 8.88. The molecule has 1 amide bonds. The van der Waals surface area contributed by atoms with Crippen LogP contribution in [0.2, 0.25) is 0 Å². The third-order valence-electron chi connectivity index (χ3n) is 2.98. The van der Waals surface area contributed by atoms with E-state index >= 15 is 0 Å². The molecule has 19 heavy (non-hydrogen) atoms. The number of amides is 1. The minimum atomic E-state index is -0.868. The molecule has 1 unspecified atom stereocenters. The summed E-state index contributed by atoms with van der Waals surface area (Å²) in [4.78, 5) is 22.3. The van der Waals surface area contributed by atoms with Gasteiger partial charge in [0, 0.05) is 12.8 Å². The highest BCUT2D eigenvalue weighted by Gasteiger charge is 2.15. The van der Waals surface area contributed by atoms with E-state index in [2.05, 4.69) is 5.32 Å². The van der Waals surface area contributed by atoms with Crippen LogP contribution >= 0.6 is 0 Å². The van der Waals surface area contributed by atoms with Gasteiger partial charge in [0.25, 0.3) is 0 Å². The summed E-state index contributed by atoms with van der Waals surface area (Å²) < 4.78 is 0. The van der Waals surface area contributed by atoms with Crippen molar-refractivity contribution in [3.8, 4) is 0 Å². The van der Waals surface area contributed by atoms with E-state index in [1.165, 1.54) is 0 Å². The Morgan fingerprint density at radius 2 is 1.95 bits per heavy atom. The number of carboxylic acids is 1. The monoisotopic (exact) mass is 263 g/mol. The summed E-state index contributed by atoms with van der Waals surface area (Å²) in [6.07, 6.45) is 0.259. The molecule has 1 aromatic carbocycles. The molecule has 0 bridgehead atoms. The van der Waals surface area contributed by atoms with Crippen LogP contribution in [-0.4, -0.2) is 17.0 Å². The van der Waals surface area contributed by atoms with Crippen LogP contribution in [0.4, 0.5) is 0 Å². The Bertz CT molecular complexity index is 456. The molecule has 0 saturated carbocycles. The third-order valence-corrected chi connectivity index (χ3v) is 2.98. The van der Waals surface area contributed by atoms with E-state index in [1.54, 1.807) is 6.92 Å². The minimum Gasteiger partial charge on any atom is -0.481 e. The lowest BCUT2D eigenvalue weighted by molar-refractivity contribution is -0.138. The zero-order valence-electron chi connectivity index (χ0n) is 11.6. The molecular formula is C15H21NO3. The Hall–Kier alpha value is -1.84. The fraction of sp³-hybridized carbons (Fsp3) is 0.467. The molecule has 0 saturated heterocycles. The van der Waals surface area contributed by atoms with Crippen LogP contribution < -0.4 is 5.32 Å². The summed E-state index contributed by atoms with van der Waals surface area (Å²) in [7, 11) is 0. The minimum absolute atomic E-state index is 0.0201. The van der Waals surface area contributed by atoms with Crippen LogP contribution in [0.1, 0.15) is 43.9 Å². The lowest BCUT2D eigenvalue weighted by Gasteiger charge is -2.16. The smallest absolute Gasteiger partial charge is 0.303 e. The molecule has 0 spiro atoms. The SMILES string of the molecule is Cc1cccc([C@H](C)NC(=O)CC(C)CC(=O)O)c1. The number of rotatable bonds is 6. The molecule has 4 heteroatoms. The Morgan fingerprint density at radius 3 is 2.53 bits per heavy atom. The third kappa shape index (κ3) is 5.55. The van der Waals surface area contributed by atoms with Gasteiger partial charge in [0.1, 0.15) is 0 Å². The van der Waals surface area contributed by atoms with E-state index in [1.807, 2.05) is 38.1 Å². The van der Waals surface area contributed by atoms with Crippen molar-refractivity contribution in [3.63, 3.8) is 0 Å². The standard InChI is InChI=1S/C15H21NO3/c1-10-5-4-6-13(7-10)12(3)16-14(17)8-11(2)9-15(18)19/h4-7,11-12H,8-9H2,1-3H3,(H,16,17)(H,18,19)/t11?,12-/m0/s1.